The summed E-state index contributed by atoms with van der Waals surface area (Å²) >= 11 is 0. The zero-order chi connectivity index (χ0) is 11.5. The van der Waals surface area contributed by atoms with Gasteiger partial charge in [0.15, 0.2) is 18.1 Å². The monoisotopic (exact) mass is 246 g/mol. The highest BCUT2D eigenvalue weighted by atomic mass is 28.4. The van der Waals surface area contributed by atoms with Crippen molar-refractivity contribution in [3.63, 3.8) is 0 Å². The third-order valence-corrected chi connectivity index (χ3v) is 8.55. The Morgan fingerprint density at radius 1 is 0.800 bits per heavy atom. The van der Waals surface area contributed by atoms with Crippen molar-refractivity contribution in [1.29, 1.82) is 0 Å². The Balaban J connectivity index is 3.63. The quantitative estimate of drug-likeness (QED) is 0.417. The smallest absolute Gasteiger partial charge is 0.162 e. The molecule has 0 aromatic rings. The van der Waals surface area contributed by atoms with Gasteiger partial charge in [-0.15, -0.1) is 0 Å². The van der Waals surface area contributed by atoms with E-state index in [1.165, 1.54) is 50.6 Å². The topological polar surface area (TPSA) is 9.23 Å². The molecule has 0 aliphatic rings. The summed E-state index contributed by atoms with van der Waals surface area (Å²) in [6, 6.07) is 2.87. The molecular formula is C12H30OSi2. The number of hydrogen-bond acceptors (Lipinski definition) is 1. The molecule has 0 aliphatic heterocycles. The second kappa shape index (κ2) is 10.9. The number of unbranched alkanes of at least 4 members (excludes halogenated alkanes) is 4. The van der Waals surface area contributed by atoms with E-state index < -0.39 is 18.1 Å². The third-order valence-electron chi connectivity index (χ3n) is 2.72. The van der Waals surface area contributed by atoms with Crippen LogP contribution in [0.1, 0.15) is 52.4 Å². The van der Waals surface area contributed by atoms with Gasteiger partial charge in [0.2, 0.25) is 0 Å². The van der Waals surface area contributed by atoms with E-state index in [2.05, 4.69) is 26.9 Å². The van der Waals surface area contributed by atoms with Crippen molar-refractivity contribution in [2.75, 3.05) is 0 Å². The van der Waals surface area contributed by atoms with Crippen molar-refractivity contribution in [2.24, 2.45) is 0 Å². The van der Waals surface area contributed by atoms with Crippen LogP contribution in [-0.4, -0.2) is 18.1 Å². The van der Waals surface area contributed by atoms with Gasteiger partial charge in [0.1, 0.15) is 0 Å². The van der Waals surface area contributed by atoms with Crippen LogP contribution < -0.4 is 0 Å². The van der Waals surface area contributed by atoms with Crippen LogP contribution in [0.5, 0.6) is 0 Å². The Morgan fingerprint density at radius 2 is 1.27 bits per heavy atom. The van der Waals surface area contributed by atoms with Crippen molar-refractivity contribution in [1.82, 2.24) is 0 Å². The first kappa shape index (κ1) is 15.4. The van der Waals surface area contributed by atoms with Crippen LogP contribution in [0.25, 0.3) is 0 Å². The fraction of sp³-hybridized carbons (Fsp3) is 1.00. The van der Waals surface area contributed by atoms with Crippen LogP contribution in [0.4, 0.5) is 0 Å². The normalized spacial score (nSPS) is 11.6. The zero-order valence-corrected chi connectivity index (χ0v) is 13.5. The summed E-state index contributed by atoms with van der Waals surface area (Å²) in [7, 11) is -1.56. The molecule has 0 aromatic heterocycles. The molecule has 0 radical (unpaired) electrons. The van der Waals surface area contributed by atoms with E-state index in [-0.39, 0.29) is 0 Å². The Hall–Kier alpha value is 0.394. The van der Waals surface area contributed by atoms with E-state index in [4.69, 9.17) is 4.12 Å². The highest BCUT2D eigenvalue weighted by Gasteiger charge is 2.12. The van der Waals surface area contributed by atoms with Gasteiger partial charge in [-0.2, -0.15) is 0 Å². The van der Waals surface area contributed by atoms with Gasteiger partial charge in [-0.1, -0.05) is 52.4 Å². The summed E-state index contributed by atoms with van der Waals surface area (Å²) in [5, 5.41) is 0. The highest BCUT2D eigenvalue weighted by molar-refractivity contribution is 6.64. The zero-order valence-electron chi connectivity index (χ0n) is 11.2. The van der Waals surface area contributed by atoms with Gasteiger partial charge in [-0.25, -0.2) is 0 Å². The fourth-order valence-corrected chi connectivity index (χ4v) is 7.85. The SMILES string of the molecule is CCCCC[SiH](CCCCC)O[SiH](C)C. The second-order valence-corrected chi connectivity index (χ2v) is 10.4. The van der Waals surface area contributed by atoms with Crippen LogP contribution in [0.3, 0.4) is 0 Å². The molecule has 0 unspecified atom stereocenters. The van der Waals surface area contributed by atoms with Gasteiger partial charge in [-0.05, 0) is 25.2 Å². The summed E-state index contributed by atoms with van der Waals surface area (Å²) in [4.78, 5) is 0. The van der Waals surface area contributed by atoms with Crippen molar-refractivity contribution < 1.29 is 4.12 Å². The Kier molecular flexibility index (Phi) is 11.2. The number of hydrogen-bond donors (Lipinski definition) is 0. The number of rotatable bonds is 10. The predicted octanol–water partition coefficient (Wildman–Crippen LogP) is 4.09. The van der Waals surface area contributed by atoms with Crippen LogP contribution in [-0.2, 0) is 4.12 Å². The molecule has 0 aliphatic carbocycles. The van der Waals surface area contributed by atoms with Crippen LogP contribution in [0.15, 0.2) is 0 Å². The minimum absolute atomic E-state index is 0.770. The average molecular weight is 247 g/mol. The van der Waals surface area contributed by atoms with Crippen molar-refractivity contribution in [2.45, 2.75) is 77.6 Å². The molecule has 0 amide bonds. The lowest BCUT2D eigenvalue weighted by Gasteiger charge is -2.18. The average Bonchev–Trinajstić information content (AvgIpc) is 2.17. The van der Waals surface area contributed by atoms with Gasteiger partial charge < -0.3 is 4.12 Å². The molecule has 0 saturated carbocycles. The van der Waals surface area contributed by atoms with E-state index in [1.54, 1.807) is 0 Å². The molecule has 3 heteroatoms. The van der Waals surface area contributed by atoms with Crippen LogP contribution in [0.2, 0.25) is 25.2 Å². The summed E-state index contributed by atoms with van der Waals surface area (Å²) in [6.07, 6.45) is 8.33. The molecule has 0 fully saturated rings. The third kappa shape index (κ3) is 10.7. The lowest BCUT2D eigenvalue weighted by Crippen LogP contribution is -2.24. The van der Waals surface area contributed by atoms with Crippen LogP contribution >= 0.6 is 0 Å². The van der Waals surface area contributed by atoms with Crippen molar-refractivity contribution in [3.8, 4) is 0 Å². The summed E-state index contributed by atoms with van der Waals surface area (Å²) < 4.78 is 6.22. The molecule has 0 aromatic carbocycles. The first-order valence-electron chi connectivity index (χ1n) is 6.86. The van der Waals surface area contributed by atoms with E-state index in [9.17, 15) is 0 Å². The molecule has 0 heterocycles. The first-order chi connectivity index (χ1) is 7.20. The molecule has 0 atom stereocenters. The minimum Gasteiger partial charge on any atom is -0.460 e. The molecule has 0 N–H and O–H groups in total. The summed E-state index contributed by atoms with van der Waals surface area (Å²) in [5.41, 5.74) is 0. The van der Waals surface area contributed by atoms with Crippen molar-refractivity contribution in [3.05, 3.63) is 0 Å². The fourth-order valence-electron chi connectivity index (χ4n) is 1.91. The molecule has 92 valence electrons. The maximum atomic E-state index is 6.22. The van der Waals surface area contributed by atoms with Crippen LogP contribution in [0, 0.1) is 0 Å². The minimum atomic E-state index is -0.793. The Morgan fingerprint density at radius 3 is 1.60 bits per heavy atom. The van der Waals surface area contributed by atoms with Gasteiger partial charge in [0.25, 0.3) is 0 Å². The largest absolute Gasteiger partial charge is 0.460 e. The van der Waals surface area contributed by atoms with Gasteiger partial charge in [0.05, 0.1) is 0 Å². The van der Waals surface area contributed by atoms with E-state index in [0.29, 0.717) is 0 Å². The first-order valence-corrected chi connectivity index (χ1v) is 11.7. The molecule has 0 spiro atoms. The maximum Gasteiger partial charge on any atom is 0.162 e. The van der Waals surface area contributed by atoms with E-state index in [0.717, 1.165) is 0 Å². The summed E-state index contributed by atoms with van der Waals surface area (Å²) in [5.74, 6) is 0. The standard InChI is InChI=1S/C12H30OSi2/c1-5-7-9-11-15(13-14(3)4)12-10-8-6-2/h14-15H,5-12H2,1-4H3. The van der Waals surface area contributed by atoms with E-state index in [1.807, 2.05) is 0 Å². The second-order valence-electron chi connectivity index (χ2n) is 4.80. The molecule has 15 heavy (non-hydrogen) atoms. The van der Waals surface area contributed by atoms with Gasteiger partial charge in [-0.3, -0.25) is 0 Å². The predicted molar refractivity (Wildman–Crippen MR) is 75.8 cm³/mol. The van der Waals surface area contributed by atoms with E-state index >= 15 is 0 Å². The molecule has 0 saturated heterocycles. The maximum absolute atomic E-state index is 6.22. The molecule has 0 rings (SSSR count). The lowest BCUT2D eigenvalue weighted by molar-refractivity contribution is 0.570. The highest BCUT2D eigenvalue weighted by Crippen LogP contribution is 2.13. The lowest BCUT2D eigenvalue weighted by atomic mass is 10.3. The summed E-state index contributed by atoms with van der Waals surface area (Å²) in [6.45, 7) is 9.21. The Bertz CT molecular complexity index is 119. The Labute approximate surface area is 100 Å². The molecular weight excluding hydrogens is 216 g/mol. The van der Waals surface area contributed by atoms with Crippen molar-refractivity contribution >= 4 is 18.1 Å². The molecule has 0 bridgehead atoms. The molecule has 1 nitrogen and oxygen atoms in total. The van der Waals surface area contributed by atoms with Gasteiger partial charge in [0, 0.05) is 0 Å². The van der Waals surface area contributed by atoms with Gasteiger partial charge >= 0.3 is 0 Å².